The Labute approximate surface area is 140 Å². The largest absolute Gasteiger partial charge is 0.350 e. The summed E-state index contributed by atoms with van der Waals surface area (Å²) in [6, 6.07) is 10.0. The number of nitrogens with one attached hydrogen (secondary N) is 1. The second kappa shape index (κ2) is 7.04. The van der Waals surface area contributed by atoms with Gasteiger partial charge in [-0.3, -0.25) is 9.78 Å². The highest BCUT2D eigenvalue weighted by molar-refractivity contribution is 5.91. The van der Waals surface area contributed by atoms with Crippen molar-refractivity contribution in [1.82, 2.24) is 25.1 Å². The van der Waals surface area contributed by atoms with Gasteiger partial charge in [-0.25, -0.2) is 9.67 Å². The summed E-state index contributed by atoms with van der Waals surface area (Å²) in [5.74, 6) is -0.214. The van der Waals surface area contributed by atoms with Gasteiger partial charge in [0.1, 0.15) is 5.69 Å². The van der Waals surface area contributed by atoms with E-state index in [1.807, 2.05) is 48.9 Å². The molecule has 24 heavy (non-hydrogen) atoms. The maximum Gasteiger partial charge on any atom is 0.271 e. The van der Waals surface area contributed by atoms with E-state index in [-0.39, 0.29) is 5.91 Å². The number of hydrogen-bond acceptors (Lipinski definition) is 4. The second-order valence-corrected chi connectivity index (χ2v) is 5.49. The lowest BCUT2D eigenvalue weighted by atomic mass is 10.1. The van der Waals surface area contributed by atoms with Gasteiger partial charge in [-0.1, -0.05) is 18.2 Å². The highest BCUT2D eigenvalue weighted by atomic mass is 16.1. The molecule has 0 unspecified atom stereocenters. The Kier molecular flexibility index (Phi) is 4.65. The van der Waals surface area contributed by atoms with Gasteiger partial charge >= 0.3 is 0 Å². The molecule has 2 heterocycles. The van der Waals surface area contributed by atoms with E-state index in [0.29, 0.717) is 12.2 Å². The maximum absolute atomic E-state index is 12.0. The molecule has 1 N–H and O–H groups in total. The van der Waals surface area contributed by atoms with Crippen LogP contribution < -0.4 is 5.32 Å². The van der Waals surface area contributed by atoms with Crippen LogP contribution in [0.3, 0.4) is 0 Å². The van der Waals surface area contributed by atoms with Crippen LogP contribution >= 0.6 is 0 Å². The van der Waals surface area contributed by atoms with Crippen LogP contribution in [0.25, 0.3) is 5.69 Å². The van der Waals surface area contributed by atoms with Crippen LogP contribution in [0.15, 0.2) is 48.9 Å². The van der Waals surface area contributed by atoms with E-state index in [2.05, 4.69) is 20.4 Å². The summed E-state index contributed by atoms with van der Waals surface area (Å²) in [4.78, 5) is 19.9. The van der Waals surface area contributed by atoms with Gasteiger partial charge in [-0.05, 0) is 38.0 Å². The molecule has 0 saturated heterocycles. The number of benzene rings is 1. The Morgan fingerprint density at radius 2 is 1.96 bits per heavy atom. The molecular weight excluding hydrogens is 302 g/mol. The third-order valence-corrected chi connectivity index (χ3v) is 3.90. The molecule has 122 valence electrons. The normalized spacial score (nSPS) is 10.6. The molecule has 0 saturated carbocycles. The van der Waals surface area contributed by atoms with Crippen LogP contribution in [0.2, 0.25) is 0 Å². The lowest BCUT2D eigenvalue weighted by Crippen LogP contribution is -2.26. The molecule has 0 atom stereocenters. The minimum Gasteiger partial charge on any atom is -0.350 e. The molecule has 6 heteroatoms. The molecule has 6 nitrogen and oxygen atoms in total. The quantitative estimate of drug-likeness (QED) is 0.782. The summed E-state index contributed by atoms with van der Waals surface area (Å²) in [5, 5.41) is 7.49. The third-order valence-electron chi connectivity index (χ3n) is 3.90. The maximum atomic E-state index is 12.0. The second-order valence-electron chi connectivity index (χ2n) is 5.49. The van der Waals surface area contributed by atoms with Crippen molar-refractivity contribution in [3.8, 4) is 5.69 Å². The molecule has 0 radical (unpaired) electrons. The predicted octanol–water partition coefficient (Wildman–Crippen LogP) is 2.25. The fourth-order valence-electron chi connectivity index (χ4n) is 2.67. The van der Waals surface area contributed by atoms with Crippen molar-refractivity contribution in [3.05, 3.63) is 71.6 Å². The molecule has 3 aromatic rings. The van der Waals surface area contributed by atoms with E-state index in [1.54, 1.807) is 6.20 Å². The van der Waals surface area contributed by atoms with Crippen LogP contribution in [0.4, 0.5) is 0 Å². The van der Waals surface area contributed by atoms with E-state index in [1.165, 1.54) is 12.4 Å². The fraction of sp³-hybridized carbons (Fsp3) is 0.222. The zero-order valence-electron chi connectivity index (χ0n) is 13.7. The van der Waals surface area contributed by atoms with E-state index in [9.17, 15) is 4.79 Å². The Balaban J connectivity index is 1.68. The SMILES string of the molecule is Cc1nn(-c2ccccc2)c(C)c1CCNC(=O)c1cnccn1. The first-order valence-corrected chi connectivity index (χ1v) is 7.81. The highest BCUT2D eigenvalue weighted by Gasteiger charge is 2.13. The third kappa shape index (κ3) is 3.32. The smallest absolute Gasteiger partial charge is 0.271 e. The van der Waals surface area contributed by atoms with Crippen molar-refractivity contribution < 1.29 is 4.79 Å². The molecule has 1 amide bonds. The van der Waals surface area contributed by atoms with Gasteiger partial charge in [-0.2, -0.15) is 5.10 Å². The Hall–Kier alpha value is -3.02. The van der Waals surface area contributed by atoms with Gasteiger partial charge in [0.05, 0.1) is 17.6 Å². The number of aryl methyl sites for hydroxylation is 1. The average molecular weight is 321 g/mol. The highest BCUT2D eigenvalue weighted by Crippen LogP contribution is 2.18. The van der Waals surface area contributed by atoms with Gasteiger partial charge in [0.2, 0.25) is 0 Å². The summed E-state index contributed by atoms with van der Waals surface area (Å²) in [6.07, 6.45) is 5.23. The summed E-state index contributed by atoms with van der Waals surface area (Å²) in [7, 11) is 0. The van der Waals surface area contributed by atoms with Crippen LogP contribution in [0, 0.1) is 13.8 Å². The number of carbonyl (C=O) groups excluding carboxylic acids is 1. The number of amides is 1. The summed E-state index contributed by atoms with van der Waals surface area (Å²) in [6.45, 7) is 4.57. The van der Waals surface area contributed by atoms with Crippen molar-refractivity contribution in [1.29, 1.82) is 0 Å². The standard InChI is InChI=1S/C18H19N5O/c1-13-16(8-9-21-18(24)17-12-19-10-11-20-17)14(2)23(22-13)15-6-4-3-5-7-15/h3-7,10-12H,8-9H2,1-2H3,(H,21,24). The van der Waals surface area contributed by atoms with Gasteiger partial charge in [0.15, 0.2) is 0 Å². The topological polar surface area (TPSA) is 72.7 Å². The van der Waals surface area contributed by atoms with Crippen molar-refractivity contribution >= 4 is 5.91 Å². The lowest BCUT2D eigenvalue weighted by molar-refractivity contribution is 0.0948. The van der Waals surface area contributed by atoms with Crippen LogP contribution in [-0.4, -0.2) is 32.2 Å². The Bertz CT molecular complexity index is 827. The monoisotopic (exact) mass is 321 g/mol. The molecule has 0 aliphatic heterocycles. The van der Waals surface area contributed by atoms with Crippen LogP contribution in [-0.2, 0) is 6.42 Å². The number of nitrogens with zero attached hydrogens (tertiary/aromatic N) is 4. The zero-order valence-corrected chi connectivity index (χ0v) is 13.7. The molecular formula is C18H19N5O. The van der Waals surface area contributed by atoms with Gasteiger partial charge in [0.25, 0.3) is 5.91 Å². The average Bonchev–Trinajstić information content (AvgIpc) is 2.91. The molecule has 0 aliphatic carbocycles. The lowest BCUT2D eigenvalue weighted by Gasteiger charge is -2.06. The molecule has 0 fully saturated rings. The van der Waals surface area contributed by atoms with Crippen molar-refractivity contribution in [3.63, 3.8) is 0 Å². The summed E-state index contributed by atoms with van der Waals surface area (Å²) < 4.78 is 1.94. The number of rotatable bonds is 5. The number of carbonyl (C=O) groups is 1. The zero-order chi connectivity index (χ0) is 16.9. The van der Waals surface area contributed by atoms with Gasteiger partial charge in [0, 0.05) is 24.6 Å². The molecule has 0 aliphatic rings. The fourth-order valence-corrected chi connectivity index (χ4v) is 2.67. The number of hydrogen-bond donors (Lipinski definition) is 1. The summed E-state index contributed by atoms with van der Waals surface area (Å²) in [5.41, 5.74) is 4.58. The molecule has 0 spiro atoms. The van der Waals surface area contributed by atoms with E-state index < -0.39 is 0 Å². The first kappa shape index (κ1) is 15.9. The van der Waals surface area contributed by atoms with Crippen molar-refractivity contribution in [2.75, 3.05) is 6.54 Å². The van der Waals surface area contributed by atoms with Crippen molar-refractivity contribution in [2.45, 2.75) is 20.3 Å². The molecule has 2 aromatic heterocycles. The first-order valence-electron chi connectivity index (χ1n) is 7.81. The molecule has 3 rings (SSSR count). The van der Waals surface area contributed by atoms with Crippen LogP contribution in [0.1, 0.15) is 27.4 Å². The Morgan fingerprint density at radius 3 is 2.67 bits per heavy atom. The van der Waals surface area contributed by atoms with Crippen molar-refractivity contribution in [2.24, 2.45) is 0 Å². The predicted molar refractivity (Wildman–Crippen MR) is 91.1 cm³/mol. The van der Waals surface area contributed by atoms with E-state index in [4.69, 9.17) is 0 Å². The minimum absolute atomic E-state index is 0.214. The number of aromatic nitrogens is 4. The number of para-hydroxylation sites is 1. The first-order chi connectivity index (χ1) is 11.7. The van der Waals surface area contributed by atoms with Crippen LogP contribution in [0.5, 0.6) is 0 Å². The molecule has 0 bridgehead atoms. The Morgan fingerprint density at radius 1 is 1.17 bits per heavy atom. The van der Waals surface area contributed by atoms with E-state index >= 15 is 0 Å². The minimum atomic E-state index is -0.214. The molecule has 1 aromatic carbocycles. The summed E-state index contributed by atoms with van der Waals surface area (Å²) >= 11 is 0. The van der Waals surface area contributed by atoms with Gasteiger partial charge in [-0.15, -0.1) is 0 Å². The van der Waals surface area contributed by atoms with E-state index in [0.717, 1.165) is 29.1 Å². The van der Waals surface area contributed by atoms with Gasteiger partial charge < -0.3 is 5.32 Å².